The summed E-state index contributed by atoms with van der Waals surface area (Å²) in [7, 11) is 0. The van der Waals surface area contributed by atoms with E-state index in [0.717, 1.165) is 24.9 Å². The Balaban J connectivity index is 1.27. The summed E-state index contributed by atoms with van der Waals surface area (Å²) in [6.07, 6.45) is 0.391. The van der Waals surface area contributed by atoms with Crippen LogP contribution in [0.25, 0.3) is 0 Å². The van der Waals surface area contributed by atoms with Gasteiger partial charge in [-0.3, -0.25) is 24.0 Å². The second kappa shape index (κ2) is 11.6. The van der Waals surface area contributed by atoms with E-state index in [-0.39, 0.29) is 41.8 Å². The summed E-state index contributed by atoms with van der Waals surface area (Å²) in [4.78, 5) is 70.1. The number of fused-ring (bicyclic) bond motifs is 1. The van der Waals surface area contributed by atoms with Crippen molar-refractivity contribution in [2.45, 2.75) is 50.9 Å². The molecular formula is C28H33ClN4O7. The van der Waals surface area contributed by atoms with Gasteiger partial charge >= 0.3 is 0 Å². The zero-order valence-electron chi connectivity index (χ0n) is 22.5. The molecule has 5 rings (SSSR count). The molecule has 0 aromatic heterocycles. The Bertz CT molecular complexity index is 1230. The van der Waals surface area contributed by atoms with Crippen molar-refractivity contribution in [2.24, 2.45) is 5.92 Å². The molecule has 0 bridgehead atoms. The molecule has 1 N–H and O–H groups in total. The summed E-state index contributed by atoms with van der Waals surface area (Å²) in [5.41, 5.74) is 1.43. The van der Waals surface area contributed by atoms with Crippen LogP contribution in [0.1, 0.15) is 37.0 Å². The van der Waals surface area contributed by atoms with Crippen LogP contribution in [0.2, 0.25) is 0 Å². The molecular weight excluding hydrogens is 540 g/mol. The van der Waals surface area contributed by atoms with Crippen LogP contribution in [0.4, 0.5) is 5.69 Å². The lowest BCUT2D eigenvalue weighted by molar-refractivity contribution is -0.145. The first-order valence-corrected chi connectivity index (χ1v) is 14.0. The number of carbonyl (C=O) groups excluding carboxylic acids is 5. The number of nitrogens with one attached hydrogen (secondary N) is 1. The lowest BCUT2D eigenvalue weighted by Gasteiger charge is -2.30. The predicted molar refractivity (Wildman–Crippen MR) is 145 cm³/mol. The molecule has 0 aliphatic carbocycles. The van der Waals surface area contributed by atoms with Gasteiger partial charge in [0.1, 0.15) is 12.1 Å². The van der Waals surface area contributed by atoms with E-state index < -0.39 is 35.9 Å². The van der Waals surface area contributed by atoms with Crippen LogP contribution in [0.5, 0.6) is 0 Å². The van der Waals surface area contributed by atoms with Gasteiger partial charge in [-0.2, -0.15) is 0 Å². The average Bonchev–Trinajstić information content (AvgIpc) is 3.62. The van der Waals surface area contributed by atoms with Gasteiger partial charge in [0.05, 0.1) is 25.8 Å². The second-order valence-electron chi connectivity index (χ2n) is 10.9. The topological polar surface area (TPSA) is 126 Å². The van der Waals surface area contributed by atoms with Crippen molar-refractivity contribution in [3.8, 4) is 0 Å². The van der Waals surface area contributed by atoms with Gasteiger partial charge in [0.15, 0.2) is 11.0 Å². The van der Waals surface area contributed by atoms with Crippen molar-refractivity contribution in [3.63, 3.8) is 0 Å². The molecule has 12 heteroatoms. The molecule has 1 aromatic carbocycles. The molecule has 4 unspecified atom stereocenters. The van der Waals surface area contributed by atoms with Crippen molar-refractivity contribution in [3.05, 3.63) is 41.1 Å². The van der Waals surface area contributed by atoms with Crippen LogP contribution >= 0.6 is 11.6 Å². The lowest BCUT2D eigenvalue weighted by atomic mass is 10.0. The summed E-state index contributed by atoms with van der Waals surface area (Å²) >= 11 is 5.75. The summed E-state index contributed by atoms with van der Waals surface area (Å²) in [6.45, 7) is 6.82. The zero-order valence-corrected chi connectivity index (χ0v) is 23.3. The highest BCUT2D eigenvalue weighted by Crippen LogP contribution is 2.32. The third-order valence-corrected chi connectivity index (χ3v) is 7.97. The van der Waals surface area contributed by atoms with Crippen molar-refractivity contribution in [1.82, 2.24) is 15.1 Å². The molecule has 3 fully saturated rings. The average molecular weight is 573 g/mol. The standard InChI is InChI=1S/C28H33ClN4O7/c1-16(2)13-19(30-26(36)17-3-5-18(6-4-17)31-9-11-39-12-10-31)27(37)32-8-7-20-24(32)22(35)15-33(20)28(38)25-21(34)14-23(29)40-25/h3-6,14,16,19-20,24-25H,7-13,15H2,1-2H3,(H,30,36). The number of anilines is 1. The Morgan fingerprint density at radius 2 is 1.75 bits per heavy atom. The van der Waals surface area contributed by atoms with Gasteiger partial charge in [0, 0.05) is 37.0 Å². The highest BCUT2D eigenvalue weighted by molar-refractivity contribution is 6.32. The largest absolute Gasteiger partial charge is 0.461 e. The Labute approximate surface area is 237 Å². The normalized spacial score (nSPS) is 25.1. The van der Waals surface area contributed by atoms with Crippen LogP contribution in [-0.4, -0.2) is 103 Å². The first kappa shape index (κ1) is 28.1. The monoisotopic (exact) mass is 572 g/mol. The van der Waals surface area contributed by atoms with Gasteiger partial charge in [0.2, 0.25) is 17.8 Å². The Morgan fingerprint density at radius 3 is 2.38 bits per heavy atom. The van der Waals surface area contributed by atoms with E-state index in [1.54, 1.807) is 12.1 Å². The minimum Gasteiger partial charge on any atom is -0.461 e. The Kier molecular flexibility index (Phi) is 8.14. The lowest BCUT2D eigenvalue weighted by Crippen LogP contribution is -2.53. The fourth-order valence-corrected chi connectivity index (χ4v) is 6.05. The minimum absolute atomic E-state index is 0.0940. The van der Waals surface area contributed by atoms with Gasteiger partial charge in [-0.15, -0.1) is 0 Å². The number of rotatable bonds is 7. The number of halogens is 1. The molecule has 0 radical (unpaired) electrons. The fraction of sp³-hybridized carbons (Fsp3) is 0.536. The zero-order chi connectivity index (χ0) is 28.6. The van der Waals surface area contributed by atoms with Crippen LogP contribution in [0, 0.1) is 5.92 Å². The van der Waals surface area contributed by atoms with Gasteiger partial charge < -0.3 is 29.5 Å². The number of Topliss-reactive ketones (excluding diaryl/α,β-unsaturated/α-hetero) is 1. The quantitative estimate of drug-likeness (QED) is 0.482. The van der Waals surface area contributed by atoms with Gasteiger partial charge in [-0.05, 0) is 54.6 Å². The Morgan fingerprint density at radius 1 is 1.05 bits per heavy atom. The number of ketones is 2. The van der Waals surface area contributed by atoms with Crippen LogP contribution in [0.3, 0.4) is 0 Å². The van der Waals surface area contributed by atoms with E-state index in [0.29, 0.717) is 31.6 Å². The maximum absolute atomic E-state index is 13.8. The molecule has 40 heavy (non-hydrogen) atoms. The fourth-order valence-electron chi connectivity index (χ4n) is 5.85. The van der Waals surface area contributed by atoms with E-state index in [1.807, 2.05) is 26.0 Å². The van der Waals surface area contributed by atoms with E-state index in [2.05, 4.69) is 10.2 Å². The highest BCUT2D eigenvalue weighted by atomic mass is 35.5. The molecule has 4 heterocycles. The molecule has 4 atom stereocenters. The van der Waals surface area contributed by atoms with Crippen molar-refractivity contribution in [1.29, 1.82) is 0 Å². The number of benzene rings is 1. The predicted octanol–water partition coefficient (Wildman–Crippen LogP) is 1.10. The van der Waals surface area contributed by atoms with Gasteiger partial charge in [0.25, 0.3) is 11.8 Å². The molecule has 11 nitrogen and oxygen atoms in total. The van der Waals surface area contributed by atoms with Crippen molar-refractivity contribution >= 4 is 46.6 Å². The van der Waals surface area contributed by atoms with Crippen LogP contribution < -0.4 is 10.2 Å². The highest BCUT2D eigenvalue weighted by Gasteiger charge is 2.54. The minimum atomic E-state index is -1.41. The number of nitrogens with zero attached hydrogens (tertiary/aromatic N) is 3. The van der Waals surface area contributed by atoms with Gasteiger partial charge in [-0.1, -0.05) is 13.8 Å². The Hall–Kier alpha value is -3.44. The van der Waals surface area contributed by atoms with Gasteiger partial charge in [-0.25, -0.2) is 0 Å². The maximum Gasteiger partial charge on any atom is 0.272 e. The summed E-state index contributed by atoms with van der Waals surface area (Å²) < 4.78 is 10.6. The number of ether oxygens (including phenoxy) is 2. The number of morpholine rings is 1. The molecule has 214 valence electrons. The molecule has 4 aliphatic rings. The molecule has 1 aromatic rings. The van der Waals surface area contributed by atoms with Crippen molar-refractivity contribution < 1.29 is 33.4 Å². The second-order valence-corrected chi connectivity index (χ2v) is 11.3. The van der Waals surface area contributed by atoms with E-state index in [4.69, 9.17) is 21.1 Å². The van der Waals surface area contributed by atoms with E-state index >= 15 is 0 Å². The molecule has 4 aliphatic heterocycles. The molecule has 3 amide bonds. The molecule has 3 saturated heterocycles. The van der Waals surface area contributed by atoms with Crippen LogP contribution in [-0.2, 0) is 28.7 Å². The summed E-state index contributed by atoms with van der Waals surface area (Å²) in [5.74, 6) is -2.15. The smallest absolute Gasteiger partial charge is 0.272 e. The SMILES string of the molecule is CC(C)CC(NC(=O)c1ccc(N2CCOCC2)cc1)C(=O)N1CCC2C1C(=O)CN2C(=O)C1OC(Cl)=CC1=O. The summed E-state index contributed by atoms with van der Waals surface area (Å²) in [6, 6.07) is 4.99. The van der Waals surface area contributed by atoms with Crippen molar-refractivity contribution in [2.75, 3.05) is 44.3 Å². The first-order chi connectivity index (χ1) is 19.1. The first-order valence-electron chi connectivity index (χ1n) is 13.6. The van der Waals surface area contributed by atoms with E-state index in [1.165, 1.54) is 9.80 Å². The number of amides is 3. The third-order valence-electron chi connectivity index (χ3n) is 7.77. The molecule has 0 saturated carbocycles. The maximum atomic E-state index is 13.8. The third kappa shape index (κ3) is 5.57. The number of carbonyl (C=O) groups is 5. The van der Waals surface area contributed by atoms with E-state index in [9.17, 15) is 24.0 Å². The summed E-state index contributed by atoms with van der Waals surface area (Å²) in [5, 5.41) is 2.71. The number of likely N-dealkylation sites (tertiary alicyclic amines) is 2. The molecule has 0 spiro atoms. The number of hydrogen-bond acceptors (Lipinski definition) is 8. The number of hydrogen-bond donors (Lipinski definition) is 1. The van der Waals surface area contributed by atoms with Crippen LogP contribution in [0.15, 0.2) is 35.6 Å².